The second kappa shape index (κ2) is 3.80. The van der Waals surface area contributed by atoms with Gasteiger partial charge in [-0.25, -0.2) is 13.2 Å². The number of allylic oxidation sites excluding steroid dienone is 5. The maximum Gasteiger partial charge on any atom is 0.205 e. The average Bonchev–Trinajstić information content (AvgIpc) is 2.25. The molecule has 0 aromatic rings. The summed E-state index contributed by atoms with van der Waals surface area (Å²) in [5, 5.41) is 0. The molecule has 1 aliphatic carbocycles. The van der Waals surface area contributed by atoms with Crippen LogP contribution in [0.1, 0.15) is 13.3 Å². The molecular formula is C9H5F5. The summed E-state index contributed by atoms with van der Waals surface area (Å²) in [5.41, 5.74) is 1.07. The fourth-order valence-corrected chi connectivity index (χ4v) is 0.907. The fraction of sp³-hybridized carbons (Fsp3) is 0.222. The number of hydrogen-bond donors (Lipinski definition) is 0. The van der Waals surface area contributed by atoms with Crippen LogP contribution in [0.3, 0.4) is 0 Å². The van der Waals surface area contributed by atoms with E-state index in [2.05, 4.69) is 0 Å². The van der Waals surface area contributed by atoms with Gasteiger partial charge in [0.2, 0.25) is 17.5 Å². The van der Waals surface area contributed by atoms with Crippen molar-refractivity contribution in [1.82, 2.24) is 0 Å². The van der Waals surface area contributed by atoms with E-state index in [-0.39, 0.29) is 6.42 Å². The molecule has 0 N–H and O–H groups in total. The quantitative estimate of drug-likeness (QED) is 0.449. The first-order valence-electron chi connectivity index (χ1n) is 3.76. The molecule has 0 aromatic heterocycles. The Morgan fingerprint density at radius 2 is 1.36 bits per heavy atom. The van der Waals surface area contributed by atoms with Crippen molar-refractivity contribution < 1.29 is 22.0 Å². The van der Waals surface area contributed by atoms with Crippen LogP contribution < -0.4 is 0 Å². The van der Waals surface area contributed by atoms with Gasteiger partial charge in [0.1, 0.15) is 0 Å². The largest absolute Gasteiger partial charge is 0.205 e. The molecule has 0 bridgehead atoms. The second-order valence-corrected chi connectivity index (χ2v) is 2.53. The SMILES string of the molecule is CCC1=C=C(F)C(F)=C(F)C(F)=C1F. The summed E-state index contributed by atoms with van der Waals surface area (Å²) in [4.78, 5) is 0. The molecule has 14 heavy (non-hydrogen) atoms. The summed E-state index contributed by atoms with van der Waals surface area (Å²) in [6.45, 7) is 1.38. The Morgan fingerprint density at radius 1 is 0.857 bits per heavy atom. The van der Waals surface area contributed by atoms with Gasteiger partial charge in [-0.15, -0.1) is 0 Å². The second-order valence-electron chi connectivity index (χ2n) is 2.53. The summed E-state index contributed by atoms with van der Waals surface area (Å²) < 4.78 is 63.3. The van der Waals surface area contributed by atoms with Gasteiger partial charge in [-0.2, -0.15) is 8.78 Å². The van der Waals surface area contributed by atoms with Crippen molar-refractivity contribution in [3.05, 3.63) is 40.4 Å². The van der Waals surface area contributed by atoms with E-state index in [1.165, 1.54) is 6.92 Å². The van der Waals surface area contributed by atoms with Crippen LogP contribution in [-0.4, -0.2) is 0 Å². The Balaban J connectivity index is 3.49. The van der Waals surface area contributed by atoms with Crippen LogP contribution >= 0.6 is 0 Å². The minimum atomic E-state index is -2.17. The normalized spacial score (nSPS) is 18.1. The fourth-order valence-electron chi connectivity index (χ4n) is 0.907. The first kappa shape index (κ1) is 10.7. The molecular weight excluding hydrogens is 203 g/mol. The van der Waals surface area contributed by atoms with Gasteiger partial charge in [-0.05, 0) is 6.42 Å². The smallest absolute Gasteiger partial charge is 0.203 e. The lowest BCUT2D eigenvalue weighted by molar-refractivity contribution is 0.456. The lowest BCUT2D eigenvalue weighted by Gasteiger charge is -1.97. The summed E-state index contributed by atoms with van der Waals surface area (Å²) in [6, 6.07) is 0. The molecule has 0 saturated carbocycles. The maximum absolute atomic E-state index is 12.9. The Bertz CT molecular complexity index is 393. The third kappa shape index (κ3) is 1.63. The van der Waals surface area contributed by atoms with Crippen molar-refractivity contribution in [2.75, 3.05) is 0 Å². The topological polar surface area (TPSA) is 0 Å². The molecule has 0 amide bonds. The molecule has 76 valence electrons. The lowest BCUT2D eigenvalue weighted by atomic mass is 10.2. The Labute approximate surface area is 76.7 Å². The molecule has 1 rings (SSSR count). The first-order chi connectivity index (χ1) is 6.49. The van der Waals surface area contributed by atoms with Crippen LogP contribution in [-0.2, 0) is 0 Å². The van der Waals surface area contributed by atoms with Crippen LogP contribution in [0.15, 0.2) is 40.4 Å². The van der Waals surface area contributed by atoms with E-state index in [1.807, 2.05) is 0 Å². The highest BCUT2D eigenvalue weighted by Gasteiger charge is 2.24. The van der Waals surface area contributed by atoms with E-state index in [1.54, 1.807) is 5.73 Å². The minimum Gasteiger partial charge on any atom is -0.203 e. The van der Waals surface area contributed by atoms with E-state index >= 15 is 0 Å². The number of rotatable bonds is 1. The van der Waals surface area contributed by atoms with Crippen LogP contribution in [0.2, 0.25) is 0 Å². The van der Waals surface area contributed by atoms with Gasteiger partial charge in [-0.3, -0.25) is 0 Å². The zero-order chi connectivity index (χ0) is 10.9. The zero-order valence-corrected chi connectivity index (χ0v) is 7.10. The van der Waals surface area contributed by atoms with Crippen molar-refractivity contribution in [1.29, 1.82) is 0 Å². The summed E-state index contributed by atoms with van der Waals surface area (Å²) in [7, 11) is 0. The first-order valence-corrected chi connectivity index (χ1v) is 3.76. The van der Waals surface area contributed by atoms with Gasteiger partial charge in [-0.1, -0.05) is 12.7 Å². The predicted molar refractivity (Wildman–Crippen MR) is 40.4 cm³/mol. The molecule has 0 aromatic carbocycles. The molecule has 0 radical (unpaired) electrons. The number of hydrogen-bond acceptors (Lipinski definition) is 0. The monoisotopic (exact) mass is 208 g/mol. The molecule has 0 spiro atoms. The van der Waals surface area contributed by atoms with Gasteiger partial charge < -0.3 is 0 Å². The van der Waals surface area contributed by atoms with E-state index in [9.17, 15) is 22.0 Å². The van der Waals surface area contributed by atoms with E-state index in [4.69, 9.17) is 0 Å². The molecule has 1 aliphatic rings. The molecule has 0 aliphatic heterocycles. The summed E-state index contributed by atoms with van der Waals surface area (Å²) in [6.07, 6.45) is -0.118. The van der Waals surface area contributed by atoms with E-state index in [0.29, 0.717) is 0 Å². The van der Waals surface area contributed by atoms with E-state index < -0.39 is 34.7 Å². The Hall–Kier alpha value is -1.35. The molecule has 0 heterocycles. The minimum absolute atomic E-state index is 0.118. The summed E-state index contributed by atoms with van der Waals surface area (Å²) in [5.74, 6) is -9.62. The third-order valence-corrected chi connectivity index (χ3v) is 1.65. The van der Waals surface area contributed by atoms with Crippen LogP contribution in [0, 0.1) is 0 Å². The average molecular weight is 208 g/mol. The molecule has 0 fully saturated rings. The van der Waals surface area contributed by atoms with Crippen LogP contribution in [0.25, 0.3) is 0 Å². The highest BCUT2D eigenvalue weighted by molar-refractivity contribution is 5.43. The Kier molecular flexibility index (Phi) is 2.91. The highest BCUT2D eigenvalue weighted by atomic mass is 19.2. The van der Waals surface area contributed by atoms with Crippen molar-refractivity contribution in [3.63, 3.8) is 0 Å². The molecule has 0 unspecified atom stereocenters. The van der Waals surface area contributed by atoms with E-state index in [0.717, 1.165) is 0 Å². The van der Waals surface area contributed by atoms with Crippen molar-refractivity contribution >= 4 is 0 Å². The van der Waals surface area contributed by atoms with Crippen LogP contribution in [0.4, 0.5) is 22.0 Å². The maximum atomic E-state index is 12.9. The van der Waals surface area contributed by atoms with Gasteiger partial charge >= 0.3 is 0 Å². The number of halogens is 5. The molecule has 0 saturated heterocycles. The Morgan fingerprint density at radius 3 is 1.86 bits per heavy atom. The van der Waals surface area contributed by atoms with Crippen molar-refractivity contribution in [2.45, 2.75) is 13.3 Å². The molecule has 0 atom stereocenters. The lowest BCUT2D eigenvalue weighted by Crippen LogP contribution is -1.86. The predicted octanol–water partition coefficient (Wildman–Crippen LogP) is 4.09. The van der Waals surface area contributed by atoms with Crippen LogP contribution in [0.5, 0.6) is 0 Å². The van der Waals surface area contributed by atoms with Crippen molar-refractivity contribution in [2.24, 2.45) is 0 Å². The summed E-state index contributed by atoms with van der Waals surface area (Å²) >= 11 is 0. The van der Waals surface area contributed by atoms with Gasteiger partial charge in [0, 0.05) is 5.57 Å². The molecule has 0 nitrogen and oxygen atoms in total. The highest BCUT2D eigenvalue weighted by Crippen LogP contribution is 2.33. The third-order valence-electron chi connectivity index (χ3n) is 1.65. The van der Waals surface area contributed by atoms with Gasteiger partial charge in [0.25, 0.3) is 0 Å². The zero-order valence-electron chi connectivity index (χ0n) is 7.10. The van der Waals surface area contributed by atoms with Crippen molar-refractivity contribution in [3.8, 4) is 0 Å². The van der Waals surface area contributed by atoms with Gasteiger partial charge in [0.05, 0.1) is 0 Å². The van der Waals surface area contributed by atoms with Gasteiger partial charge in [0.15, 0.2) is 11.7 Å². The molecule has 5 heteroatoms. The standard InChI is InChI=1S/C9H5F5/c1-2-4-3-5(10)7(12)9(14)8(13)6(4)11/h2H2,1H3.